The van der Waals surface area contributed by atoms with Gasteiger partial charge in [-0.05, 0) is 45.7 Å². The average molecular weight is 307 g/mol. The fraction of sp³-hybridized carbons (Fsp3) is 0.412. The van der Waals surface area contributed by atoms with E-state index in [2.05, 4.69) is 13.2 Å². The highest BCUT2D eigenvalue weighted by molar-refractivity contribution is 7.89. The largest absolute Gasteiger partial charge is 0.243 e. The summed E-state index contributed by atoms with van der Waals surface area (Å²) in [6.07, 6.45) is 1.34. The Morgan fingerprint density at radius 1 is 1.00 bits per heavy atom. The molecule has 0 aliphatic carbocycles. The lowest BCUT2D eigenvalue weighted by Crippen LogP contribution is -2.33. The van der Waals surface area contributed by atoms with Gasteiger partial charge in [-0.3, -0.25) is 0 Å². The molecule has 0 radical (unpaired) electrons. The van der Waals surface area contributed by atoms with Crippen LogP contribution in [0.2, 0.25) is 0 Å². The third-order valence-electron chi connectivity index (χ3n) is 3.23. The lowest BCUT2D eigenvalue weighted by Gasteiger charge is -2.22. The molecule has 4 heteroatoms. The maximum Gasteiger partial charge on any atom is 0.243 e. The Bertz CT molecular complexity index is 582. The number of rotatable bonds is 8. The Morgan fingerprint density at radius 2 is 1.43 bits per heavy atom. The zero-order valence-corrected chi connectivity index (χ0v) is 14.0. The maximum absolute atomic E-state index is 12.7. The molecule has 0 fully saturated rings. The molecule has 0 bridgehead atoms. The molecule has 0 aliphatic rings. The summed E-state index contributed by atoms with van der Waals surface area (Å²) in [6.45, 7) is 14.4. The van der Waals surface area contributed by atoms with Gasteiger partial charge >= 0.3 is 0 Å². The lowest BCUT2D eigenvalue weighted by molar-refractivity contribution is 0.417. The van der Waals surface area contributed by atoms with Crippen LogP contribution in [0, 0.1) is 6.92 Å². The Morgan fingerprint density at radius 3 is 1.81 bits per heavy atom. The van der Waals surface area contributed by atoms with E-state index in [1.807, 2.05) is 32.9 Å². The van der Waals surface area contributed by atoms with Gasteiger partial charge in [0.05, 0.1) is 4.90 Å². The molecule has 0 aromatic heterocycles. The summed E-state index contributed by atoms with van der Waals surface area (Å²) in [6, 6.07) is 6.98. The van der Waals surface area contributed by atoms with Gasteiger partial charge in [-0.15, -0.1) is 13.2 Å². The van der Waals surface area contributed by atoms with Crippen molar-refractivity contribution in [1.82, 2.24) is 4.31 Å². The minimum atomic E-state index is -3.46. The van der Waals surface area contributed by atoms with E-state index in [9.17, 15) is 8.42 Å². The van der Waals surface area contributed by atoms with Crippen molar-refractivity contribution < 1.29 is 8.42 Å². The number of benzene rings is 1. The second kappa shape index (κ2) is 7.57. The molecule has 0 atom stereocenters. The van der Waals surface area contributed by atoms with Gasteiger partial charge in [0.15, 0.2) is 0 Å². The van der Waals surface area contributed by atoms with Crippen LogP contribution in [0.3, 0.4) is 0 Å². The monoisotopic (exact) mass is 307 g/mol. The molecule has 1 aromatic rings. The molecule has 0 spiro atoms. The first-order valence-corrected chi connectivity index (χ1v) is 8.53. The van der Waals surface area contributed by atoms with Crippen LogP contribution in [0.1, 0.15) is 32.3 Å². The highest BCUT2D eigenvalue weighted by Gasteiger charge is 2.23. The Kier molecular flexibility index (Phi) is 6.37. The van der Waals surface area contributed by atoms with E-state index in [0.29, 0.717) is 30.8 Å². The van der Waals surface area contributed by atoms with Crippen molar-refractivity contribution in [2.75, 3.05) is 13.1 Å². The van der Waals surface area contributed by atoms with Gasteiger partial charge in [-0.25, -0.2) is 8.42 Å². The summed E-state index contributed by atoms with van der Waals surface area (Å²) in [7, 11) is -3.46. The average Bonchev–Trinajstić information content (AvgIpc) is 2.38. The number of sulfonamides is 1. The number of aryl methyl sites for hydroxylation is 1. The predicted octanol–water partition coefficient (Wildman–Crippen LogP) is 3.92. The molecule has 0 amide bonds. The van der Waals surface area contributed by atoms with Crippen molar-refractivity contribution in [3.8, 4) is 0 Å². The zero-order valence-electron chi connectivity index (χ0n) is 13.2. The smallest absolute Gasteiger partial charge is 0.207 e. The SMILES string of the molecule is C=C(C)CCN(CCC(=C)C)S(=O)(=O)c1ccc(C)cc1. The van der Waals surface area contributed by atoms with Gasteiger partial charge in [0.25, 0.3) is 0 Å². The normalized spacial score (nSPS) is 11.6. The van der Waals surface area contributed by atoms with E-state index < -0.39 is 10.0 Å². The quantitative estimate of drug-likeness (QED) is 0.683. The maximum atomic E-state index is 12.7. The molecule has 0 unspecified atom stereocenters. The highest BCUT2D eigenvalue weighted by Crippen LogP contribution is 2.18. The van der Waals surface area contributed by atoms with Crippen molar-refractivity contribution in [1.29, 1.82) is 0 Å². The summed E-state index contributed by atoms with van der Waals surface area (Å²) >= 11 is 0. The molecule has 1 aromatic carbocycles. The van der Waals surface area contributed by atoms with Crippen LogP contribution in [0.15, 0.2) is 53.5 Å². The van der Waals surface area contributed by atoms with Gasteiger partial charge < -0.3 is 0 Å². The van der Waals surface area contributed by atoms with E-state index in [0.717, 1.165) is 16.7 Å². The standard InChI is InChI=1S/C17H25NO2S/c1-14(2)10-12-18(13-11-15(3)4)21(19,20)17-8-6-16(5)7-9-17/h6-9H,1,3,10-13H2,2,4-5H3. The predicted molar refractivity (Wildman–Crippen MR) is 88.8 cm³/mol. The lowest BCUT2D eigenvalue weighted by atomic mass is 10.2. The molecule has 3 nitrogen and oxygen atoms in total. The van der Waals surface area contributed by atoms with E-state index in [1.54, 1.807) is 12.1 Å². The van der Waals surface area contributed by atoms with Crippen LogP contribution < -0.4 is 0 Å². The Labute approximate surface area is 129 Å². The summed E-state index contributed by atoms with van der Waals surface area (Å²) in [5.74, 6) is 0. The Hall–Kier alpha value is -1.39. The fourth-order valence-electron chi connectivity index (χ4n) is 1.84. The van der Waals surface area contributed by atoms with Gasteiger partial charge in [-0.2, -0.15) is 4.31 Å². The minimum Gasteiger partial charge on any atom is -0.207 e. The van der Waals surface area contributed by atoms with E-state index in [-0.39, 0.29) is 0 Å². The molecule has 0 saturated heterocycles. The minimum absolute atomic E-state index is 0.344. The second-order valence-corrected chi connectivity index (χ2v) is 7.57. The van der Waals surface area contributed by atoms with Crippen LogP contribution in [0.4, 0.5) is 0 Å². The molecule has 0 heterocycles. The topological polar surface area (TPSA) is 37.4 Å². The molecular formula is C17H25NO2S. The first-order chi connectivity index (χ1) is 9.73. The van der Waals surface area contributed by atoms with E-state index in [4.69, 9.17) is 0 Å². The van der Waals surface area contributed by atoms with Gasteiger partial charge in [0.1, 0.15) is 0 Å². The Balaban J connectivity index is 3.00. The fourth-order valence-corrected chi connectivity index (χ4v) is 3.28. The van der Waals surface area contributed by atoms with Crippen molar-refractivity contribution in [3.63, 3.8) is 0 Å². The summed E-state index contributed by atoms with van der Waals surface area (Å²) < 4.78 is 27.0. The molecule has 0 saturated carbocycles. The van der Waals surface area contributed by atoms with Crippen LogP contribution in [0.25, 0.3) is 0 Å². The third kappa shape index (κ3) is 5.48. The summed E-state index contributed by atoms with van der Waals surface area (Å²) in [5, 5.41) is 0. The van der Waals surface area contributed by atoms with Gasteiger partial charge in [0, 0.05) is 13.1 Å². The number of hydrogen-bond acceptors (Lipinski definition) is 2. The van der Waals surface area contributed by atoms with Crippen LogP contribution in [-0.4, -0.2) is 25.8 Å². The van der Waals surface area contributed by atoms with Crippen molar-refractivity contribution in [3.05, 3.63) is 54.1 Å². The van der Waals surface area contributed by atoms with Crippen molar-refractivity contribution in [2.24, 2.45) is 0 Å². The molecule has 21 heavy (non-hydrogen) atoms. The summed E-state index contributed by atoms with van der Waals surface area (Å²) in [4.78, 5) is 0.344. The second-order valence-electron chi connectivity index (χ2n) is 5.63. The van der Waals surface area contributed by atoms with E-state index in [1.165, 1.54) is 4.31 Å². The summed E-state index contributed by atoms with van der Waals surface area (Å²) in [5.41, 5.74) is 3.01. The van der Waals surface area contributed by atoms with Crippen LogP contribution in [0.5, 0.6) is 0 Å². The van der Waals surface area contributed by atoms with Crippen molar-refractivity contribution >= 4 is 10.0 Å². The van der Waals surface area contributed by atoms with Gasteiger partial charge in [-0.1, -0.05) is 28.8 Å². The molecular weight excluding hydrogens is 282 g/mol. The highest BCUT2D eigenvalue weighted by atomic mass is 32.2. The molecule has 0 aliphatic heterocycles. The third-order valence-corrected chi connectivity index (χ3v) is 5.15. The first-order valence-electron chi connectivity index (χ1n) is 7.09. The van der Waals surface area contributed by atoms with Crippen LogP contribution >= 0.6 is 0 Å². The molecule has 1 rings (SSSR count). The first kappa shape index (κ1) is 17.7. The van der Waals surface area contributed by atoms with E-state index >= 15 is 0 Å². The number of hydrogen-bond donors (Lipinski definition) is 0. The van der Waals surface area contributed by atoms with Crippen molar-refractivity contribution in [2.45, 2.75) is 38.5 Å². The molecule has 116 valence electrons. The molecule has 0 N–H and O–H groups in total. The van der Waals surface area contributed by atoms with Crippen LogP contribution in [-0.2, 0) is 10.0 Å². The zero-order chi connectivity index (χ0) is 16.0. The number of nitrogens with zero attached hydrogens (tertiary/aromatic N) is 1. The van der Waals surface area contributed by atoms with Gasteiger partial charge in [0.2, 0.25) is 10.0 Å².